The van der Waals surface area contributed by atoms with Gasteiger partial charge in [0.25, 0.3) is 0 Å². The van der Waals surface area contributed by atoms with Gasteiger partial charge in [0, 0.05) is 11.9 Å². The summed E-state index contributed by atoms with van der Waals surface area (Å²) in [6.07, 6.45) is -0.117. The number of halogens is 3. The Labute approximate surface area is 220 Å². The van der Waals surface area contributed by atoms with Crippen molar-refractivity contribution in [1.29, 1.82) is 0 Å². The number of carbonyl (C=O) groups excluding carboxylic acids is 1. The maximum absolute atomic E-state index is 13.7. The van der Waals surface area contributed by atoms with Crippen molar-refractivity contribution >= 4 is 22.6 Å². The van der Waals surface area contributed by atoms with Crippen LogP contribution in [0, 0.1) is 0 Å². The number of alkyl halides is 3. The number of hydrogen-bond acceptors (Lipinski definition) is 4. The Morgan fingerprint density at radius 1 is 0.949 bits per heavy atom. The molecule has 0 unspecified atom stereocenters. The molecule has 0 atom stereocenters. The number of pyridine rings is 1. The summed E-state index contributed by atoms with van der Waals surface area (Å²) in [6, 6.07) is 20.2. The highest BCUT2D eigenvalue weighted by Crippen LogP contribution is 2.30. The standard InChI is InChI=1S/C29H21F3N4O3/c1-2-27(37)34-21-7-4-8-23(16-21)36-25-13-14-33-17-26(25)35(28(36)38)22-9-11-24(12-10-22)39-18-19-5-3-6-20(15-19)29(30,31)32/h2-17H,1,18H2,(H,34,37). The van der Waals surface area contributed by atoms with E-state index in [1.807, 2.05) is 0 Å². The lowest BCUT2D eigenvalue weighted by molar-refractivity contribution is -0.137. The number of aromatic nitrogens is 3. The maximum atomic E-state index is 13.7. The molecule has 10 heteroatoms. The predicted octanol–water partition coefficient (Wildman–Crippen LogP) is 5.90. The van der Waals surface area contributed by atoms with E-state index in [0.717, 1.165) is 18.2 Å². The van der Waals surface area contributed by atoms with Crippen molar-refractivity contribution in [1.82, 2.24) is 14.1 Å². The quantitative estimate of drug-likeness (QED) is 0.266. The van der Waals surface area contributed by atoms with Gasteiger partial charge in [-0.15, -0.1) is 0 Å². The van der Waals surface area contributed by atoms with Crippen molar-refractivity contribution in [3.8, 4) is 17.1 Å². The van der Waals surface area contributed by atoms with Crippen LogP contribution in [0.25, 0.3) is 22.4 Å². The molecule has 0 fully saturated rings. The first-order valence-electron chi connectivity index (χ1n) is 11.8. The van der Waals surface area contributed by atoms with Gasteiger partial charge in [0.05, 0.1) is 34.2 Å². The van der Waals surface area contributed by atoms with Gasteiger partial charge in [-0.25, -0.2) is 4.79 Å². The molecule has 5 aromatic rings. The summed E-state index contributed by atoms with van der Waals surface area (Å²) in [7, 11) is 0. The van der Waals surface area contributed by atoms with E-state index in [9.17, 15) is 22.8 Å². The molecule has 196 valence electrons. The number of nitrogens with one attached hydrogen (secondary N) is 1. The Morgan fingerprint density at radius 3 is 2.44 bits per heavy atom. The molecule has 0 radical (unpaired) electrons. The molecule has 1 amide bonds. The monoisotopic (exact) mass is 530 g/mol. The molecule has 0 aliphatic rings. The van der Waals surface area contributed by atoms with Gasteiger partial charge in [-0.3, -0.25) is 18.9 Å². The number of ether oxygens (including phenoxy) is 1. The second-order valence-corrected chi connectivity index (χ2v) is 8.54. The lowest BCUT2D eigenvalue weighted by atomic mass is 10.1. The molecule has 39 heavy (non-hydrogen) atoms. The van der Waals surface area contributed by atoms with E-state index in [1.54, 1.807) is 73.1 Å². The number of benzene rings is 3. The van der Waals surface area contributed by atoms with E-state index in [1.165, 1.54) is 15.2 Å². The zero-order chi connectivity index (χ0) is 27.6. The van der Waals surface area contributed by atoms with Crippen molar-refractivity contribution in [2.45, 2.75) is 12.8 Å². The molecule has 2 aromatic heterocycles. The Morgan fingerprint density at radius 2 is 1.69 bits per heavy atom. The fourth-order valence-electron chi connectivity index (χ4n) is 4.16. The van der Waals surface area contributed by atoms with E-state index in [0.29, 0.717) is 39.4 Å². The third kappa shape index (κ3) is 5.30. The molecule has 2 heterocycles. The lowest BCUT2D eigenvalue weighted by Gasteiger charge is -2.11. The van der Waals surface area contributed by atoms with Gasteiger partial charge in [0.15, 0.2) is 0 Å². The molecular weight excluding hydrogens is 509 g/mol. The number of carbonyl (C=O) groups is 1. The second-order valence-electron chi connectivity index (χ2n) is 8.54. The molecule has 0 saturated heterocycles. The molecular formula is C29H21F3N4O3. The van der Waals surface area contributed by atoms with E-state index >= 15 is 0 Å². The first-order valence-corrected chi connectivity index (χ1v) is 11.8. The van der Waals surface area contributed by atoms with Crippen LogP contribution in [0.1, 0.15) is 11.1 Å². The zero-order valence-corrected chi connectivity index (χ0v) is 20.4. The number of amides is 1. The molecule has 5 rings (SSSR count). The van der Waals surface area contributed by atoms with Crippen LogP contribution in [0.15, 0.2) is 109 Å². The summed E-state index contributed by atoms with van der Waals surface area (Å²) in [6.45, 7) is 3.40. The van der Waals surface area contributed by atoms with Crippen molar-refractivity contribution in [3.05, 3.63) is 126 Å². The Kier molecular flexibility index (Phi) is 6.76. The maximum Gasteiger partial charge on any atom is 0.416 e. The minimum atomic E-state index is -4.43. The topological polar surface area (TPSA) is 78.2 Å². The van der Waals surface area contributed by atoms with Crippen LogP contribution in [0.3, 0.4) is 0 Å². The zero-order valence-electron chi connectivity index (χ0n) is 20.4. The van der Waals surface area contributed by atoms with Gasteiger partial charge in [-0.2, -0.15) is 13.2 Å². The van der Waals surface area contributed by atoms with Gasteiger partial charge >= 0.3 is 11.9 Å². The largest absolute Gasteiger partial charge is 0.489 e. The van der Waals surface area contributed by atoms with Gasteiger partial charge < -0.3 is 10.1 Å². The lowest BCUT2D eigenvalue weighted by Crippen LogP contribution is -2.22. The highest BCUT2D eigenvalue weighted by Gasteiger charge is 2.30. The number of fused-ring (bicyclic) bond motifs is 1. The van der Waals surface area contributed by atoms with E-state index in [-0.39, 0.29) is 18.2 Å². The fraction of sp³-hybridized carbons (Fsp3) is 0.0690. The summed E-state index contributed by atoms with van der Waals surface area (Å²) in [5.74, 6) is 0.0539. The van der Waals surface area contributed by atoms with Crippen LogP contribution in [-0.4, -0.2) is 20.0 Å². The highest BCUT2D eigenvalue weighted by molar-refractivity contribution is 5.99. The molecule has 3 aromatic carbocycles. The first-order chi connectivity index (χ1) is 18.7. The number of nitrogens with zero attached hydrogens (tertiary/aromatic N) is 3. The third-order valence-corrected chi connectivity index (χ3v) is 5.95. The van der Waals surface area contributed by atoms with Gasteiger partial charge in [0.1, 0.15) is 12.4 Å². The SMILES string of the molecule is C=CC(=O)Nc1cccc(-n2c(=O)n(-c3ccc(OCc4cccc(C(F)(F)F)c4)cc3)c3cnccc32)c1. The second kappa shape index (κ2) is 10.3. The van der Waals surface area contributed by atoms with E-state index < -0.39 is 11.7 Å². The average Bonchev–Trinajstić information content (AvgIpc) is 3.23. The molecule has 1 N–H and O–H groups in total. The predicted molar refractivity (Wildman–Crippen MR) is 141 cm³/mol. The Balaban J connectivity index is 1.45. The number of anilines is 1. The van der Waals surface area contributed by atoms with Gasteiger partial charge in [-0.05, 0) is 72.3 Å². The number of imidazole rings is 1. The molecule has 0 aliphatic carbocycles. The van der Waals surface area contributed by atoms with Crippen molar-refractivity contribution in [2.75, 3.05) is 5.32 Å². The van der Waals surface area contributed by atoms with Crippen molar-refractivity contribution in [2.24, 2.45) is 0 Å². The normalized spacial score (nSPS) is 11.4. The van der Waals surface area contributed by atoms with Gasteiger partial charge in [0.2, 0.25) is 5.91 Å². The third-order valence-electron chi connectivity index (χ3n) is 5.95. The van der Waals surface area contributed by atoms with Crippen LogP contribution in [0.4, 0.5) is 18.9 Å². The minimum Gasteiger partial charge on any atom is -0.489 e. The molecule has 0 aliphatic heterocycles. The van der Waals surface area contributed by atoms with Crippen molar-refractivity contribution < 1.29 is 22.7 Å². The summed E-state index contributed by atoms with van der Waals surface area (Å²) >= 11 is 0. The molecule has 0 bridgehead atoms. The average molecular weight is 531 g/mol. The summed E-state index contributed by atoms with van der Waals surface area (Å²) in [5, 5.41) is 2.69. The number of rotatable bonds is 7. The van der Waals surface area contributed by atoms with Crippen molar-refractivity contribution in [3.63, 3.8) is 0 Å². The molecule has 0 spiro atoms. The number of hydrogen-bond donors (Lipinski definition) is 1. The summed E-state index contributed by atoms with van der Waals surface area (Å²) < 4.78 is 47.6. The van der Waals surface area contributed by atoms with Crippen LogP contribution >= 0.6 is 0 Å². The van der Waals surface area contributed by atoms with Crippen LogP contribution in [0.5, 0.6) is 5.75 Å². The van der Waals surface area contributed by atoms with Crippen LogP contribution in [-0.2, 0) is 17.6 Å². The fourth-order valence-corrected chi connectivity index (χ4v) is 4.16. The van der Waals surface area contributed by atoms with E-state index in [4.69, 9.17) is 4.74 Å². The Hall–Kier alpha value is -5.12. The smallest absolute Gasteiger partial charge is 0.416 e. The summed E-state index contributed by atoms with van der Waals surface area (Å²) in [4.78, 5) is 29.6. The summed E-state index contributed by atoms with van der Waals surface area (Å²) in [5.41, 5.74) is 2.02. The molecule has 7 nitrogen and oxygen atoms in total. The minimum absolute atomic E-state index is 0.0504. The first kappa shape index (κ1) is 25.5. The van der Waals surface area contributed by atoms with Crippen LogP contribution in [0.2, 0.25) is 0 Å². The Bertz CT molecular complexity index is 1740. The highest BCUT2D eigenvalue weighted by atomic mass is 19.4. The van der Waals surface area contributed by atoms with Gasteiger partial charge in [-0.1, -0.05) is 24.8 Å². The molecule has 0 saturated carbocycles. The van der Waals surface area contributed by atoms with Crippen LogP contribution < -0.4 is 15.7 Å². The van der Waals surface area contributed by atoms with E-state index in [2.05, 4.69) is 16.9 Å².